The van der Waals surface area contributed by atoms with Crippen LogP contribution in [0.4, 0.5) is 0 Å². The van der Waals surface area contributed by atoms with Crippen LogP contribution >= 0.6 is 11.6 Å². The van der Waals surface area contributed by atoms with E-state index in [2.05, 4.69) is 0 Å². The maximum Gasteiger partial charge on any atom is 0.335 e. The highest BCUT2D eigenvalue weighted by Crippen LogP contribution is 2.50. The van der Waals surface area contributed by atoms with Crippen molar-refractivity contribution in [2.45, 2.75) is 37.0 Å². The van der Waals surface area contributed by atoms with E-state index in [1.165, 1.54) is 0 Å². The van der Waals surface area contributed by atoms with Gasteiger partial charge >= 0.3 is 5.97 Å². The lowest BCUT2D eigenvalue weighted by Gasteiger charge is -2.35. The second-order valence-corrected chi connectivity index (χ2v) is 8.02. The maximum absolute atomic E-state index is 13.2. The number of carbonyl (C=O) groups excluding carboxylic acids is 1. The lowest BCUT2D eigenvalue weighted by Crippen LogP contribution is -2.43. The second kappa shape index (κ2) is 7.01. The van der Waals surface area contributed by atoms with E-state index in [-0.39, 0.29) is 11.3 Å². The summed E-state index contributed by atoms with van der Waals surface area (Å²) in [6.07, 6.45) is 3.64. The van der Waals surface area contributed by atoms with Crippen LogP contribution in [-0.4, -0.2) is 35.0 Å². The fraction of sp³-hybridized carbons (Fsp3) is 0.364. The number of carboxylic acids is 1. The molecule has 1 heterocycles. The highest BCUT2D eigenvalue weighted by Gasteiger charge is 2.53. The zero-order valence-corrected chi connectivity index (χ0v) is 15.8. The average Bonchev–Trinajstić information content (AvgIpc) is 3.50. The number of halogens is 1. The summed E-state index contributed by atoms with van der Waals surface area (Å²) >= 11 is 5.98. The van der Waals surface area contributed by atoms with Crippen molar-refractivity contribution in [3.63, 3.8) is 0 Å². The van der Waals surface area contributed by atoms with Crippen LogP contribution in [0.2, 0.25) is 5.02 Å². The van der Waals surface area contributed by atoms with E-state index in [9.17, 15) is 9.59 Å². The third kappa shape index (κ3) is 3.46. The summed E-state index contributed by atoms with van der Waals surface area (Å²) in [5, 5.41) is 9.71. The van der Waals surface area contributed by atoms with Gasteiger partial charge in [-0.1, -0.05) is 35.9 Å². The average molecular weight is 384 g/mol. The van der Waals surface area contributed by atoms with E-state index in [1.54, 1.807) is 12.1 Å². The predicted octanol–water partition coefficient (Wildman–Crippen LogP) is 4.48. The number of benzene rings is 2. The first-order valence-corrected chi connectivity index (χ1v) is 9.76. The van der Waals surface area contributed by atoms with Gasteiger partial charge in [0, 0.05) is 18.1 Å². The molecule has 1 aliphatic carbocycles. The molecule has 0 spiro atoms. The molecule has 27 heavy (non-hydrogen) atoms. The standard InChI is InChI=1S/C22H22ClNO3/c23-19-7-5-18(6-8-19)22(11-12-22)21(27)24-13-9-16(10-14-24)15-1-3-17(4-2-15)20(25)26/h1-8,16H,9-14H2,(H,25,26). The molecular formula is C22H22ClNO3. The van der Waals surface area contributed by atoms with Crippen molar-refractivity contribution < 1.29 is 14.7 Å². The molecule has 5 heteroatoms. The van der Waals surface area contributed by atoms with E-state index >= 15 is 0 Å². The Morgan fingerprint density at radius 3 is 2.07 bits per heavy atom. The zero-order valence-electron chi connectivity index (χ0n) is 15.0. The van der Waals surface area contributed by atoms with Crippen molar-refractivity contribution in [1.29, 1.82) is 0 Å². The van der Waals surface area contributed by atoms with Crippen molar-refractivity contribution in [2.75, 3.05) is 13.1 Å². The summed E-state index contributed by atoms with van der Waals surface area (Å²) < 4.78 is 0. The van der Waals surface area contributed by atoms with Gasteiger partial charge in [-0.15, -0.1) is 0 Å². The van der Waals surface area contributed by atoms with Crippen LogP contribution < -0.4 is 0 Å². The first-order chi connectivity index (χ1) is 13.0. The molecule has 2 aromatic carbocycles. The van der Waals surface area contributed by atoms with Gasteiger partial charge in [-0.3, -0.25) is 4.79 Å². The third-order valence-corrected chi connectivity index (χ3v) is 6.22. The van der Waals surface area contributed by atoms with Crippen molar-refractivity contribution in [3.8, 4) is 0 Å². The van der Waals surface area contributed by atoms with Gasteiger partial charge in [-0.2, -0.15) is 0 Å². The fourth-order valence-electron chi connectivity index (χ4n) is 4.14. The lowest BCUT2D eigenvalue weighted by molar-refractivity contribution is -0.135. The Bertz CT molecular complexity index is 848. The van der Waals surface area contributed by atoms with Crippen LogP contribution in [-0.2, 0) is 10.2 Å². The van der Waals surface area contributed by atoms with E-state index in [0.29, 0.717) is 16.5 Å². The third-order valence-electron chi connectivity index (χ3n) is 5.97. The maximum atomic E-state index is 13.2. The molecule has 2 aromatic rings. The number of hydrogen-bond acceptors (Lipinski definition) is 2. The monoisotopic (exact) mass is 383 g/mol. The Morgan fingerprint density at radius 2 is 1.56 bits per heavy atom. The molecule has 140 valence electrons. The number of carboxylic acid groups (broad SMARTS) is 1. The van der Waals surface area contributed by atoms with Gasteiger partial charge in [0.15, 0.2) is 0 Å². The van der Waals surface area contributed by atoms with Gasteiger partial charge in [-0.05, 0) is 67.0 Å². The van der Waals surface area contributed by atoms with Gasteiger partial charge in [-0.25, -0.2) is 4.79 Å². The zero-order chi connectivity index (χ0) is 19.0. The van der Waals surface area contributed by atoms with Crippen LogP contribution in [0, 0.1) is 0 Å². The molecule has 0 bridgehead atoms. The quantitative estimate of drug-likeness (QED) is 0.847. The smallest absolute Gasteiger partial charge is 0.335 e. The molecule has 1 saturated carbocycles. The summed E-state index contributed by atoms with van der Waals surface area (Å²) in [7, 11) is 0. The molecular weight excluding hydrogens is 362 g/mol. The number of carbonyl (C=O) groups is 2. The van der Waals surface area contributed by atoms with Crippen molar-refractivity contribution in [1.82, 2.24) is 4.90 Å². The molecule has 1 saturated heterocycles. The first kappa shape index (κ1) is 18.1. The first-order valence-electron chi connectivity index (χ1n) is 9.38. The topological polar surface area (TPSA) is 57.6 Å². The lowest BCUT2D eigenvalue weighted by atomic mass is 9.87. The van der Waals surface area contributed by atoms with Crippen molar-refractivity contribution in [3.05, 3.63) is 70.2 Å². The molecule has 1 amide bonds. The number of hydrogen-bond donors (Lipinski definition) is 1. The van der Waals surface area contributed by atoms with E-state index in [0.717, 1.165) is 49.9 Å². The number of aromatic carboxylic acids is 1. The van der Waals surface area contributed by atoms with Crippen LogP contribution in [0.1, 0.15) is 53.1 Å². The van der Waals surface area contributed by atoms with E-state index in [1.807, 2.05) is 41.3 Å². The van der Waals surface area contributed by atoms with Crippen LogP contribution in [0.3, 0.4) is 0 Å². The second-order valence-electron chi connectivity index (χ2n) is 7.58. The Morgan fingerprint density at radius 1 is 0.963 bits per heavy atom. The summed E-state index contributed by atoms with van der Waals surface area (Å²) in [6, 6.07) is 14.8. The molecule has 0 atom stereocenters. The Kier molecular flexibility index (Phi) is 4.68. The van der Waals surface area contributed by atoms with Crippen LogP contribution in [0.15, 0.2) is 48.5 Å². The molecule has 4 nitrogen and oxygen atoms in total. The van der Waals surface area contributed by atoms with Crippen molar-refractivity contribution in [2.24, 2.45) is 0 Å². The number of likely N-dealkylation sites (tertiary alicyclic amines) is 1. The molecule has 1 aliphatic heterocycles. The molecule has 2 fully saturated rings. The van der Waals surface area contributed by atoms with Crippen molar-refractivity contribution >= 4 is 23.5 Å². The summed E-state index contributed by atoms with van der Waals surface area (Å²) in [4.78, 5) is 26.2. The fourth-order valence-corrected chi connectivity index (χ4v) is 4.26. The van der Waals surface area contributed by atoms with Gasteiger partial charge in [0.2, 0.25) is 5.91 Å². The highest BCUT2D eigenvalue weighted by molar-refractivity contribution is 6.30. The van der Waals surface area contributed by atoms with Gasteiger partial charge in [0.05, 0.1) is 11.0 Å². The normalized spacial score (nSPS) is 18.9. The van der Waals surface area contributed by atoms with E-state index < -0.39 is 5.97 Å². The minimum atomic E-state index is -0.904. The van der Waals surface area contributed by atoms with Crippen LogP contribution in [0.5, 0.6) is 0 Å². The summed E-state index contributed by atoms with van der Waals surface area (Å²) in [5.74, 6) is -0.286. The molecule has 0 unspecified atom stereocenters. The predicted molar refractivity (Wildman–Crippen MR) is 104 cm³/mol. The Balaban J connectivity index is 1.41. The summed E-state index contributed by atoms with van der Waals surface area (Å²) in [6.45, 7) is 1.50. The number of amides is 1. The van der Waals surface area contributed by atoms with Gasteiger partial charge < -0.3 is 10.0 Å². The minimum Gasteiger partial charge on any atom is -0.478 e. The molecule has 4 rings (SSSR count). The Labute approximate surface area is 163 Å². The van der Waals surface area contributed by atoms with Gasteiger partial charge in [0.25, 0.3) is 0 Å². The molecule has 0 radical (unpaired) electrons. The van der Waals surface area contributed by atoms with Gasteiger partial charge in [0.1, 0.15) is 0 Å². The Hall–Kier alpha value is -2.33. The molecule has 1 N–H and O–H groups in total. The SMILES string of the molecule is O=C(O)c1ccc(C2CCN(C(=O)C3(c4ccc(Cl)cc4)CC3)CC2)cc1. The van der Waals surface area contributed by atoms with Crippen LogP contribution in [0.25, 0.3) is 0 Å². The minimum absolute atomic E-state index is 0.240. The summed E-state index contributed by atoms with van der Waals surface area (Å²) in [5.41, 5.74) is 2.19. The molecule has 2 aliphatic rings. The molecule has 0 aromatic heterocycles. The highest BCUT2D eigenvalue weighted by atomic mass is 35.5. The van der Waals surface area contributed by atoms with E-state index in [4.69, 9.17) is 16.7 Å². The largest absolute Gasteiger partial charge is 0.478 e. The number of nitrogens with zero attached hydrogens (tertiary/aromatic N) is 1. The number of rotatable bonds is 4. The number of piperidine rings is 1.